The molecule has 0 bridgehead atoms. The standard InChI is InChI=1S/C18H16N2O5/c1-22-18(21)11-4-2-5-12(8-11)24-10-16-19-17(25-20-16)14-9-13(14)15-6-3-7-23-15/h2-8,13-14H,9-10H2,1H3/t13-,14+/m1/s1. The number of rotatable bonds is 6. The summed E-state index contributed by atoms with van der Waals surface area (Å²) in [7, 11) is 1.34. The molecule has 7 heteroatoms. The quantitative estimate of drug-likeness (QED) is 0.636. The van der Waals surface area contributed by atoms with E-state index in [1.165, 1.54) is 7.11 Å². The highest BCUT2D eigenvalue weighted by Crippen LogP contribution is 2.54. The van der Waals surface area contributed by atoms with Crippen molar-refractivity contribution in [3.05, 3.63) is 65.7 Å². The Morgan fingerprint density at radius 1 is 1.28 bits per heavy atom. The molecule has 0 unspecified atom stereocenters. The normalized spacial score (nSPS) is 18.8. The van der Waals surface area contributed by atoms with Crippen LogP contribution in [0.1, 0.15) is 46.1 Å². The molecule has 1 aliphatic rings. The van der Waals surface area contributed by atoms with Crippen molar-refractivity contribution < 1.29 is 23.2 Å². The van der Waals surface area contributed by atoms with E-state index < -0.39 is 5.97 Å². The minimum Gasteiger partial charge on any atom is -0.485 e. The van der Waals surface area contributed by atoms with Gasteiger partial charge in [0.05, 0.1) is 18.9 Å². The Balaban J connectivity index is 1.37. The molecule has 0 radical (unpaired) electrons. The third-order valence-electron chi connectivity index (χ3n) is 4.12. The van der Waals surface area contributed by atoms with Crippen LogP contribution < -0.4 is 4.74 Å². The predicted octanol–water partition coefficient (Wildman–Crippen LogP) is 3.30. The van der Waals surface area contributed by atoms with E-state index in [9.17, 15) is 4.79 Å². The highest BCUT2D eigenvalue weighted by Gasteiger charge is 2.45. The van der Waals surface area contributed by atoms with Crippen molar-refractivity contribution in [2.24, 2.45) is 0 Å². The maximum atomic E-state index is 11.5. The van der Waals surface area contributed by atoms with Crippen molar-refractivity contribution in [1.82, 2.24) is 10.1 Å². The maximum Gasteiger partial charge on any atom is 0.337 e. The Bertz CT molecular complexity index is 871. The van der Waals surface area contributed by atoms with Crippen LogP contribution in [0, 0.1) is 0 Å². The largest absolute Gasteiger partial charge is 0.485 e. The highest BCUT2D eigenvalue weighted by atomic mass is 16.5. The van der Waals surface area contributed by atoms with Gasteiger partial charge in [0.2, 0.25) is 11.7 Å². The lowest BCUT2D eigenvalue weighted by molar-refractivity contribution is 0.0600. The van der Waals surface area contributed by atoms with Crippen LogP contribution in [0.2, 0.25) is 0 Å². The maximum absolute atomic E-state index is 11.5. The third kappa shape index (κ3) is 3.26. The van der Waals surface area contributed by atoms with Crippen LogP contribution in [-0.4, -0.2) is 23.2 Å². The summed E-state index contributed by atoms with van der Waals surface area (Å²) in [5, 5.41) is 3.95. The van der Waals surface area contributed by atoms with Gasteiger partial charge in [0.25, 0.3) is 0 Å². The second-order valence-electron chi connectivity index (χ2n) is 5.82. The van der Waals surface area contributed by atoms with Crippen molar-refractivity contribution in [3.63, 3.8) is 0 Å². The number of carbonyl (C=O) groups is 1. The van der Waals surface area contributed by atoms with Crippen LogP contribution in [0.15, 0.2) is 51.6 Å². The molecule has 0 spiro atoms. The molecule has 7 nitrogen and oxygen atoms in total. The number of ether oxygens (including phenoxy) is 2. The number of hydrogen-bond acceptors (Lipinski definition) is 7. The number of hydrogen-bond donors (Lipinski definition) is 0. The fraction of sp³-hybridized carbons (Fsp3) is 0.278. The van der Waals surface area contributed by atoms with Gasteiger partial charge in [0.15, 0.2) is 6.61 Å². The molecular weight excluding hydrogens is 324 g/mol. The first-order valence-electron chi connectivity index (χ1n) is 7.91. The van der Waals surface area contributed by atoms with Gasteiger partial charge < -0.3 is 18.4 Å². The van der Waals surface area contributed by atoms with Gasteiger partial charge in [0.1, 0.15) is 11.5 Å². The van der Waals surface area contributed by atoms with Gasteiger partial charge in [-0.25, -0.2) is 4.79 Å². The fourth-order valence-corrected chi connectivity index (χ4v) is 2.74. The minimum atomic E-state index is -0.412. The molecule has 1 fully saturated rings. The molecule has 1 saturated carbocycles. The van der Waals surface area contributed by atoms with E-state index in [0.717, 1.165) is 12.2 Å². The van der Waals surface area contributed by atoms with Gasteiger partial charge in [-0.3, -0.25) is 0 Å². The second-order valence-corrected chi connectivity index (χ2v) is 5.82. The van der Waals surface area contributed by atoms with Crippen LogP contribution in [0.5, 0.6) is 5.75 Å². The van der Waals surface area contributed by atoms with Crippen LogP contribution in [0.4, 0.5) is 0 Å². The number of aromatic nitrogens is 2. The Kier molecular flexibility index (Phi) is 3.97. The van der Waals surface area contributed by atoms with E-state index in [-0.39, 0.29) is 12.5 Å². The molecule has 0 aliphatic heterocycles. The molecule has 3 aromatic rings. The monoisotopic (exact) mass is 340 g/mol. The van der Waals surface area contributed by atoms with Crippen LogP contribution >= 0.6 is 0 Å². The summed E-state index contributed by atoms with van der Waals surface area (Å²) in [6.07, 6.45) is 2.61. The zero-order chi connectivity index (χ0) is 17.2. The minimum absolute atomic E-state index is 0.159. The fourth-order valence-electron chi connectivity index (χ4n) is 2.74. The third-order valence-corrected chi connectivity index (χ3v) is 4.12. The van der Waals surface area contributed by atoms with Crippen molar-refractivity contribution in [3.8, 4) is 5.75 Å². The number of benzene rings is 1. The number of methoxy groups -OCH3 is 1. The van der Waals surface area contributed by atoms with E-state index in [0.29, 0.717) is 28.9 Å². The summed E-state index contributed by atoms with van der Waals surface area (Å²) < 4.78 is 21.1. The molecule has 1 aromatic carbocycles. The molecule has 0 saturated heterocycles. The first-order valence-corrected chi connectivity index (χ1v) is 7.91. The summed E-state index contributed by atoms with van der Waals surface area (Å²) in [5.74, 6) is 2.64. The van der Waals surface area contributed by atoms with Crippen LogP contribution in [-0.2, 0) is 11.3 Å². The number of esters is 1. The number of carbonyl (C=O) groups excluding carboxylic acids is 1. The van der Waals surface area contributed by atoms with Crippen molar-refractivity contribution in [1.29, 1.82) is 0 Å². The Morgan fingerprint density at radius 3 is 3.00 bits per heavy atom. The summed E-state index contributed by atoms with van der Waals surface area (Å²) in [5.41, 5.74) is 0.424. The smallest absolute Gasteiger partial charge is 0.337 e. The molecule has 1 aliphatic carbocycles. The molecule has 4 rings (SSSR count). The summed E-state index contributed by atoms with van der Waals surface area (Å²) in [6, 6.07) is 10.6. The van der Waals surface area contributed by atoms with Gasteiger partial charge in [-0.1, -0.05) is 11.2 Å². The van der Waals surface area contributed by atoms with Crippen molar-refractivity contribution in [2.45, 2.75) is 24.9 Å². The van der Waals surface area contributed by atoms with Gasteiger partial charge in [-0.2, -0.15) is 4.98 Å². The molecule has 2 atom stereocenters. The molecule has 0 N–H and O–H groups in total. The first kappa shape index (κ1) is 15.4. The topological polar surface area (TPSA) is 87.6 Å². The lowest BCUT2D eigenvalue weighted by atomic mass is 10.2. The van der Waals surface area contributed by atoms with Gasteiger partial charge in [-0.15, -0.1) is 0 Å². The molecule has 0 amide bonds. The average Bonchev–Trinajstić information content (AvgIpc) is 3.06. The lowest BCUT2D eigenvalue weighted by Gasteiger charge is -2.05. The Hall–Kier alpha value is -3.09. The highest BCUT2D eigenvalue weighted by molar-refractivity contribution is 5.89. The average molecular weight is 340 g/mol. The zero-order valence-electron chi connectivity index (χ0n) is 13.5. The second kappa shape index (κ2) is 6.43. The van der Waals surface area contributed by atoms with E-state index in [4.69, 9.17) is 13.7 Å². The SMILES string of the molecule is COC(=O)c1cccc(OCc2noc([C@H]3C[C@H]3c3ccco3)n2)c1. The number of nitrogens with zero attached hydrogens (tertiary/aromatic N) is 2. The van der Waals surface area contributed by atoms with Crippen LogP contribution in [0.25, 0.3) is 0 Å². The summed E-state index contributed by atoms with van der Waals surface area (Å²) in [6.45, 7) is 0.159. The number of furan rings is 1. The first-order chi connectivity index (χ1) is 12.2. The van der Waals surface area contributed by atoms with Gasteiger partial charge >= 0.3 is 5.97 Å². The molecule has 128 valence electrons. The van der Waals surface area contributed by atoms with Crippen LogP contribution in [0.3, 0.4) is 0 Å². The Labute approximate surface area is 143 Å². The molecule has 2 heterocycles. The zero-order valence-corrected chi connectivity index (χ0v) is 13.5. The Morgan fingerprint density at radius 2 is 2.20 bits per heavy atom. The van der Waals surface area contributed by atoms with E-state index in [1.54, 1.807) is 30.5 Å². The predicted molar refractivity (Wildman–Crippen MR) is 85.2 cm³/mol. The van der Waals surface area contributed by atoms with Crippen molar-refractivity contribution in [2.75, 3.05) is 7.11 Å². The van der Waals surface area contributed by atoms with Gasteiger partial charge in [-0.05, 0) is 36.8 Å². The van der Waals surface area contributed by atoms with Gasteiger partial charge in [0, 0.05) is 11.8 Å². The summed E-state index contributed by atoms with van der Waals surface area (Å²) >= 11 is 0. The van der Waals surface area contributed by atoms with E-state index in [2.05, 4.69) is 14.9 Å². The molecule has 2 aromatic heterocycles. The van der Waals surface area contributed by atoms with E-state index in [1.807, 2.05) is 12.1 Å². The lowest BCUT2D eigenvalue weighted by Crippen LogP contribution is -2.02. The molecular formula is C18H16N2O5. The summed E-state index contributed by atoms with van der Waals surface area (Å²) in [4.78, 5) is 15.9. The van der Waals surface area contributed by atoms with E-state index >= 15 is 0 Å². The molecule has 25 heavy (non-hydrogen) atoms. The van der Waals surface area contributed by atoms with Crippen molar-refractivity contribution >= 4 is 5.97 Å².